The van der Waals surface area contributed by atoms with Crippen LogP contribution in [0.5, 0.6) is 0 Å². The van der Waals surface area contributed by atoms with Crippen LogP contribution in [0.1, 0.15) is 17.4 Å². The number of nitrogens with zero attached hydrogens (tertiary/aromatic N) is 1. The van der Waals surface area contributed by atoms with Gasteiger partial charge in [-0.15, -0.1) is 0 Å². The van der Waals surface area contributed by atoms with Gasteiger partial charge in [0, 0.05) is 11.1 Å². The summed E-state index contributed by atoms with van der Waals surface area (Å²) in [7, 11) is 0. The van der Waals surface area contributed by atoms with Gasteiger partial charge in [-0.1, -0.05) is 0 Å². The summed E-state index contributed by atoms with van der Waals surface area (Å²) in [5.41, 5.74) is 6.92. The molecule has 0 fully saturated rings. The molecule has 7 nitrogen and oxygen atoms in total. The highest BCUT2D eigenvalue weighted by Gasteiger charge is 2.18. The fraction of sp³-hybridized carbons (Fsp3) is 0.182. The number of carboxylic acids is 1. The maximum Gasteiger partial charge on any atom is 0.325 e. The molecule has 2 aromatic rings. The Bertz CT molecular complexity index is 620. The number of anilines is 1. The number of fused-ring (bicyclic) bond motifs is 1. The van der Waals surface area contributed by atoms with Crippen molar-refractivity contribution in [1.29, 1.82) is 0 Å². The Morgan fingerprint density at radius 3 is 2.89 bits per heavy atom. The minimum Gasteiger partial charge on any atom is -0.480 e. The molecule has 0 saturated heterocycles. The average Bonchev–Trinajstić information content (AvgIpc) is 2.71. The normalized spacial score (nSPS) is 12.3. The number of aliphatic carboxylic acids is 1. The van der Waals surface area contributed by atoms with Gasteiger partial charge in [0.25, 0.3) is 5.91 Å². The molecule has 1 aromatic heterocycles. The molecule has 0 bridgehead atoms. The van der Waals surface area contributed by atoms with E-state index in [-0.39, 0.29) is 5.69 Å². The van der Waals surface area contributed by atoms with Crippen molar-refractivity contribution in [3.63, 3.8) is 0 Å². The quantitative estimate of drug-likeness (QED) is 0.584. The van der Waals surface area contributed by atoms with E-state index in [1.54, 1.807) is 18.2 Å². The minimum absolute atomic E-state index is 0.220. The number of carbonyl (C=O) groups excluding carboxylic acids is 1. The van der Waals surface area contributed by atoms with Gasteiger partial charge < -0.3 is 16.2 Å². The third-order valence-electron chi connectivity index (χ3n) is 2.52. The van der Waals surface area contributed by atoms with Crippen molar-refractivity contribution in [2.24, 2.45) is 0 Å². The number of carbonyl (C=O) groups is 2. The zero-order valence-electron chi connectivity index (χ0n) is 9.60. The summed E-state index contributed by atoms with van der Waals surface area (Å²) in [5.74, 6) is -1.62. The Kier molecular flexibility index (Phi) is 2.88. The van der Waals surface area contributed by atoms with Crippen LogP contribution in [0.25, 0.3) is 10.9 Å². The van der Waals surface area contributed by atoms with E-state index >= 15 is 0 Å². The van der Waals surface area contributed by atoms with E-state index in [9.17, 15) is 9.59 Å². The number of hydrogen-bond acceptors (Lipinski definition) is 4. The number of H-pyrrole nitrogens is 1. The van der Waals surface area contributed by atoms with Crippen molar-refractivity contribution in [2.45, 2.75) is 13.0 Å². The topological polar surface area (TPSA) is 121 Å². The van der Waals surface area contributed by atoms with Gasteiger partial charge in [-0.05, 0) is 25.1 Å². The fourth-order valence-corrected chi connectivity index (χ4v) is 1.53. The number of rotatable bonds is 3. The monoisotopic (exact) mass is 248 g/mol. The summed E-state index contributed by atoms with van der Waals surface area (Å²) < 4.78 is 0. The Balaban J connectivity index is 2.31. The summed E-state index contributed by atoms with van der Waals surface area (Å²) in [6.07, 6.45) is 0. The Labute approximate surface area is 102 Å². The second-order valence-electron chi connectivity index (χ2n) is 3.91. The van der Waals surface area contributed by atoms with E-state index in [4.69, 9.17) is 10.8 Å². The van der Waals surface area contributed by atoms with Crippen LogP contribution in [-0.2, 0) is 4.79 Å². The van der Waals surface area contributed by atoms with Crippen LogP contribution in [0, 0.1) is 0 Å². The molecule has 0 aliphatic rings. The number of nitrogens with two attached hydrogens (primary N) is 1. The summed E-state index contributed by atoms with van der Waals surface area (Å²) in [5, 5.41) is 18.2. The van der Waals surface area contributed by atoms with Gasteiger partial charge in [0.05, 0.1) is 5.52 Å². The SMILES string of the molecule is CC(NC(=O)c1[nH]nc2cc(N)ccc12)C(=O)O. The first-order valence-electron chi connectivity index (χ1n) is 5.26. The minimum atomic E-state index is -1.10. The smallest absolute Gasteiger partial charge is 0.325 e. The zero-order valence-corrected chi connectivity index (χ0v) is 9.60. The highest BCUT2D eigenvalue weighted by molar-refractivity contribution is 6.06. The van der Waals surface area contributed by atoms with E-state index in [0.29, 0.717) is 16.6 Å². The molecule has 2 rings (SSSR count). The number of aromatic nitrogens is 2. The Hall–Kier alpha value is -2.57. The number of benzene rings is 1. The molecule has 1 amide bonds. The van der Waals surface area contributed by atoms with Crippen LogP contribution < -0.4 is 11.1 Å². The highest BCUT2D eigenvalue weighted by Crippen LogP contribution is 2.18. The van der Waals surface area contributed by atoms with Crippen LogP contribution in [-0.4, -0.2) is 33.2 Å². The number of hydrogen-bond donors (Lipinski definition) is 4. The highest BCUT2D eigenvalue weighted by atomic mass is 16.4. The summed E-state index contributed by atoms with van der Waals surface area (Å²) in [4.78, 5) is 22.5. The van der Waals surface area contributed by atoms with Crippen LogP contribution in [0.2, 0.25) is 0 Å². The van der Waals surface area contributed by atoms with Crippen LogP contribution in [0.15, 0.2) is 18.2 Å². The number of nitrogens with one attached hydrogen (secondary N) is 2. The van der Waals surface area contributed by atoms with Gasteiger partial charge in [0.2, 0.25) is 0 Å². The van der Waals surface area contributed by atoms with Crippen molar-refractivity contribution in [1.82, 2.24) is 15.5 Å². The van der Waals surface area contributed by atoms with E-state index in [2.05, 4.69) is 15.5 Å². The predicted molar refractivity (Wildman–Crippen MR) is 65.1 cm³/mol. The van der Waals surface area contributed by atoms with E-state index in [1.807, 2.05) is 0 Å². The molecular weight excluding hydrogens is 236 g/mol. The van der Waals surface area contributed by atoms with Gasteiger partial charge in [-0.2, -0.15) is 5.10 Å². The second kappa shape index (κ2) is 4.36. The van der Waals surface area contributed by atoms with Gasteiger partial charge in [0.15, 0.2) is 0 Å². The maximum absolute atomic E-state index is 11.8. The van der Waals surface area contributed by atoms with Crippen molar-refractivity contribution in [2.75, 3.05) is 5.73 Å². The number of nitrogen functional groups attached to an aromatic ring is 1. The fourth-order valence-electron chi connectivity index (χ4n) is 1.53. The first kappa shape index (κ1) is 11.9. The largest absolute Gasteiger partial charge is 0.480 e. The average molecular weight is 248 g/mol. The van der Waals surface area contributed by atoms with Crippen LogP contribution in [0.3, 0.4) is 0 Å². The zero-order chi connectivity index (χ0) is 13.3. The van der Waals surface area contributed by atoms with Crippen molar-refractivity contribution >= 4 is 28.5 Å². The molecule has 0 aliphatic carbocycles. The van der Waals surface area contributed by atoms with E-state index in [0.717, 1.165) is 0 Å². The molecule has 0 spiro atoms. The van der Waals surface area contributed by atoms with Crippen LogP contribution >= 0.6 is 0 Å². The van der Waals surface area contributed by atoms with E-state index < -0.39 is 17.9 Å². The standard InChI is InChI=1S/C11H12N4O3/c1-5(11(17)18)13-10(16)9-7-3-2-6(12)4-8(7)14-15-9/h2-5H,12H2,1H3,(H,13,16)(H,14,15)(H,17,18). The van der Waals surface area contributed by atoms with Crippen molar-refractivity contribution in [3.8, 4) is 0 Å². The lowest BCUT2D eigenvalue weighted by atomic mass is 10.2. The second-order valence-corrected chi connectivity index (χ2v) is 3.91. The molecule has 5 N–H and O–H groups in total. The molecule has 18 heavy (non-hydrogen) atoms. The first-order chi connectivity index (χ1) is 8.49. The third-order valence-corrected chi connectivity index (χ3v) is 2.52. The molecule has 7 heteroatoms. The molecular formula is C11H12N4O3. The molecule has 0 radical (unpaired) electrons. The molecule has 1 unspecified atom stereocenters. The summed E-state index contributed by atoms with van der Waals surface area (Å²) >= 11 is 0. The third kappa shape index (κ3) is 2.10. The molecule has 1 heterocycles. The molecule has 0 saturated carbocycles. The number of aromatic amines is 1. The molecule has 94 valence electrons. The summed E-state index contributed by atoms with van der Waals surface area (Å²) in [6, 6.07) is 3.97. The van der Waals surface area contributed by atoms with Crippen molar-refractivity contribution < 1.29 is 14.7 Å². The van der Waals surface area contributed by atoms with E-state index in [1.165, 1.54) is 6.92 Å². The van der Waals surface area contributed by atoms with Gasteiger partial charge in [-0.25, -0.2) is 0 Å². The number of carboxylic acid groups (broad SMARTS) is 1. The van der Waals surface area contributed by atoms with Crippen molar-refractivity contribution in [3.05, 3.63) is 23.9 Å². The molecule has 0 aliphatic heterocycles. The van der Waals surface area contributed by atoms with Crippen LogP contribution in [0.4, 0.5) is 5.69 Å². The van der Waals surface area contributed by atoms with Gasteiger partial charge >= 0.3 is 5.97 Å². The lowest BCUT2D eigenvalue weighted by Gasteiger charge is -2.07. The molecule has 1 aromatic carbocycles. The Morgan fingerprint density at radius 1 is 1.50 bits per heavy atom. The summed E-state index contributed by atoms with van der Waals surface area (Å²) in [6.45, 7) is 1.39. The first-order valence-corrected chi connectivity index (χ1v) is 5.26. The lowest BCUT2D eigenvalue weighted by Crippen LogP contribution is -2.38. The predicted octanol–water partition coefficient (Wildman–Crippen LogP) is 0.348. The lowest BCUT2D eigenvalue weighted by molar-refractivity contribution is -0.138. The van der Waals surface area contributed by atoms with Gasteiger partial charge in [0.1, 0.15) is 11.7 Å². The number of amides is 1. The maximum atomic E-state index is 11.8. The Morgan fingerprint density at radius 2 is 2.22 bits per heavy atom. The molecule has 1 atom stereocenters. The van der Waals surface area contributed by atoms with Gasteiger partial charge in [-0.3, -0.25) is 14.7 Å².